The monoisotopic (exact) mass is 257 g/mol. The number of rotatable bonds is 2. The maximum absolute atomic E-state index is 12.5. The number of aromatic nitrogens is 3. The molecule has 2 heterocycles. The van der Waals surface area contributed by atoms with E-state index in [0.717, 1.165) is 16.7 Å². The number of carboxylic acid groups (broad SMARTS) is 1. The molecule has 2 aromatic heterocycles. The minimum atomic E-state index is -4.59. The molecule has 0 radical (unpaired) electrons. The Balaban J connectivity index is 2.46. The Kier molecular flexibility index (Phi) is 2.77. The molecule has 0 saturated heterocycles. The summed E-state index contributed by atoms with van der Waals surface area (Å²) in [4.78, 5) is 10.3. The van der Waals surface area contributed by atoms with E-state index in [9.17, 15) is 18.0 Å². The molecule has 0 unspecified atom stereocenters. The molecule has 5 nitrogen and oxygen atoms in total. The smallest absolute Gasteiger partial charge is 0.452 e. The van der Waals surface area contributed by atoms with Gasteiger partial charge in [0, 0.05) is 12.3 Å². The summed E-state index contributed by atoms with van der Waals surface area (Å²) in [6, 6.07) is 2.65. The van der Waals surface area contributed by atoms with Crippen molar-refractivity contribution in [3.63, 3.8) is 0 Å². The number of hydrogen-bond donors (Lipinski definition) is 1. The zero-order valence-corrected chi connectivity index (χ0v) is 8.72. The van der Waals surface area contributed by atoms with Crippen molar-refractivity contribution in [2.75, 3.05) is 0 Å². The van der Waals surface area contributed by atoms with Crippen LogP contribution in [-0.2, 0) is 11.0 Å². The fourth-order valence-electron chi connectivity index (χ4n) is 1.37. The third-order valence-electron chi connectivity index (χ3n) is 2.11. The highest BCUT2D eigenvalue weighted by molar-refractivity contribution is 5.85. The molecule has 18 heavy (non-hydrogen) atoms. The SMILES string of the molecule is O=C(O)/C=C/c1ccn2c(C(F)(F)F)nnc2c1. The lowest BCUT2D eigenvalue weighted by Gasteiger charge is -2.03. The predicted octanol–water partition coefficient (Wildman–Crippen LogP) is 1.85. The normalized spacial score (nSPS) is 12.4. The summed E-state index contributed by atoms with van der Waals surface area (Å²) in [5.74, 6) is -2.27. The zero-order chi connectivity index (χ0) is 13.3. The van der Waals surface area contributed by atoms with E-state index in [-0.39, 0.29) is 5.65 Å². The van der Waals surface area contributed by atoms with Crippen LogP contribution in [0, 0.1) is 0 Å². The molecular formula is C10H6F3N3O2. The van der Waals surface area contributed by atoms with E-state index in [1.807, 2.05) is 0 Å². The van der Waals surface area contributed by atoms with Crippen LogP contribution in [0.4, 0.5) is 13.2 Å². The van der Waals surface area contributed by atoms with Crippen molar-refractivity contribution in [2.45, 2.75) is 6.18 Å². The van der Waals surface area contributed by atoms with Gasteiger partial charge in [0.25, 0.3) is 0 Å². The standard InChI is InChI=1S/C10H6F3N3O2/c11-10(12,13)9-15-14-7-5-6(1-2-8(17)18)3-4-16(7)9/h1-5H,(H,17,18)/b2-1+. The van der Waals surface area contributed by atoms with Crippen LogP contribution in [0.15, 0.2) is 24.4 Å². The van der Waals surface area contributed by atoms with Gasteiger partial charge >= 0.3 is 12.1 Å². The van der Waals surface area contributed by atoms with Crippen molar-refractivity contribution in [2.24, 2.45) is 0 Å². The number of nitrogens with zero attached hydrogens (tertiary/aromatic N) is 3. The molecule has 0 aliphatic carbocycles. The van der Waals surface area contributed by atoms with Gasteiger partial charge in [0.15, 0.2) is 5.65 Å². The van der Waals surface area contributed by atoms with Gasteiger partial charge in [0.05, 0.1) is 0 Å². The molecule has 0 spiro atoms. The highest BCUT2D eigenvalue weighted by Gasteiger charge is 2.36. The molecule has 0 atom stereocenters. The first kappa shape index (κ1) is 12.1. The van der Waals surface area contributed by atoms with E-state index in [1.165, 1.54) is 18.2 Å². The Morgan fingerprint density at radius 1 is 1.39 bits per heavy atom. The van der Waals surface area contributed by atoms with Gasteiger partial charge in [0.2, 0.25) is 5.82 Å². The van der Waals surface area contributed by atoms with Crippen LogP contribution < -0.4 is 0 Å². The van der Waals surface area contributed by atoms with Crippen molar-refractivity contribution in [1.29, 1.82) is 0 Å². The van der Waals surface area contributed by atoms with Gasteiger partial charge in [-0.05, 0) is 23.8 Å². The number of aliphatic carboxylic acids is 1. The van der Waals surface area contributed by atoms with Crippen LogP contribution in [0.5, 0.6) is 0 Å². The van der Waals surface area contributed by atoms with Gasteiger partial charge in [-0.2, -0.15) is 13.2 Å². The summed E-state index contributed by atoms with van der Waals surface area (Å²) in [6.07, 6.45) is -1.31. The van der Waals surface area contributed by atoms with Gasteiger partial charge in [-0.3, -0.25) is 4.40 Å². The topological polar surface area (TPSA) is 67.5 Å². The van der Waals surface area contributed by atoms with Crippen molar-refractivity contribution < 1.29 is 23.1 Å². The Labute approximate surface area is 98.2 Å². The molecule has 0 saturated carbocycles. The number of halogens is 3. The summed E-state index contributed by atoms with van der Waals surface area (Å²) in [5, 5.41) is 14.9. The Morgan fingerprint density at radius 3 is 2.72 bits per heavy atom. The molecular weight excluding hydrogens is 251 g/mol. The van der Waals surface area contributed by atoms with Gasteiger partial charge in [-0.15, -0.1) is 10.2 Å². The maximum Gasteiger partial charge on any atom is 0.452 e. The quantitative estimate of drug-likeness (QED) is 0.833. The first-order valence-corrected chi connectivity index (χ1v) is 4.71. The van der Waals surface area contributed by atoms with Crippen molar-refractivity contribution in [3.05, 3.63) is 35.8 Å². The van der Waals surface area contributed by atoms with Gasteiger partial charge in [0.1, 0.15) is 0 Å². The van der Waals surface area contributed by atoms with E-state index < -0.39 is 18.0 Å². The van der Waals surface area contributed by atoms with E-state index in [4.69, 9.17) is 5.11 Å². The Hall–Kier alpha value is -2.38. The first-order valence-electron chi connectivity index (χ1n) is 4.71. The van der Waals surface area contributed by atoms with Crippen LogP contribution in [0.25, 0.3) is 11.7 Å². The molecule has 94 valence electrons. The van der Waals surface area contributed by atoms with E-state index in [1.54, 1.807) is 0 Å². The predicted molar refractivity (Wildman–Crippen MR) is 54.7 cm³/mol. The fourth-order valence-corrected chi connectivity index (χ4v) is 1.37. The van der Waals surface area contributed by atoms with Crippen LogP contribution in [0.1, 0.15) is 11.4 Å². The average Bonchev–Trinajstić information content (AvgIpc) is 2.68. The molecule has 2 rings (SSSR count). The van der Waals surface area contributed by atoms with Gasteiger partial charge < -0.3 is 5.11 Å². The van der Waals surface area contributed by atoms with E-state index >= 15 is 0 Å². The number of carbonyl (C=O) groups is 1. The van der Waals surface area contributed by atoms with E-state index in [2.05, 4.69) is 10.2 Å². The molecule has 0 aliphatic rings. The van der Waals surface area contributed by atoms with Crippen LogP contribution in [0.2, 0.25) is 0 Å². The zero-order valence-electron chi connectivity index (χ0n) is 8.72. The molecule has 0 bridgehead atoms. The lowest BCUT2D eigenvalue weighted by Crippen LogP contribution is -2.10. The largest absolute Gasteiger partial charge is 0.478 e. The second-order valence-electron chi connectivity index (χ2n) is 3.38. The summed E-state index contributed by atoms with van der Waals surface area (Å²) in [7, 11) is 0. The molecule has 1 N–H and O–H groups in total. The number of fused-ring (bicyclic) bond motifs is 1. The second kappa shape index (κ2) is 4.13. The fraction of sp³-hybridized carbons (Fsp3) is 0.100. The van der Waals surface area contributed by atoms with Crippen molar-refractivity contribution in [1.82, 2.24) is 14.6 Å². The van der Waals surface area contributed by atoms with Gasteiger partial charge in [-0.25, -0.2) is 4.79 Å². The molecule has 2 aromatic rings. The minimum Gasteiger partial charge on any atom is -0.478 e. The minimum absolute atomic E-state index is 0.00476. The van der Waals surface area contributed by atoms with Gasteiger partial charge in [-0.1, -0.05) is 0 Å². The number of pyridine rings is 1. The molecule has 0 amide bonds. The molecule has 0 aromatic carbocycles. The summed E-state index contributed by atoms with van der Waals surface area (Å²) in [5.41, 5.74) is 0.417. The van der Waals surface area contributed by atoms with Crippen LogP contribution in [0.3, 0.4) is 0 Å². The number of carboxylic acids is 1. The Bertz CT molecular complexity index is 631. The van der Waals surface area contributed by atoms with E-state index in [0.29, 0.717) is 5.56 Å². The summed E-state index contributed by atoms with van der Waals surface area (Å²) >= 11 is 0. The lowest BCUT2D eigenvalue weighted by atomic mass is 10.2. The van der Waals surface area contributed by atoms with Crippen molar-refractivity contribution in [3.8, 4) is 0 Å². The average molecular weight is 257 g/mol. The third kappa shape index (κ3) is 2.31. The van der Waals surface area contributed by atoms with Crippen molar-refractivity contribution >= 4 is 17.7 Å². The molecule has 8 heteroatoms. The maximum atomic E-state index is 12.5. The molecule has 0 fully saturated rings. The van der Waals surface area contributed by atoms with Crippen LogP contribution in [-0.4, -0.2) is 25.7 Å². The summed E-state index contributed by atoms with van der Waals surface area (Å²) in [6.45, 7) is 0. The highest BCUT2D eigenvalue weighted by atomic mass is 19.4. The number of hydrogen-bond acceptors (Lipinski definition) is 3. The Morgan fingerprint density at radius 2 is 2.11 bits per heavy atom. The summed E-state index contributed by atoms with van der Waals surface area (Å²) < 4.78 is 38.3. The first-order chi connectivity index (χ1) is 8.38. The van der Waals surface area contributed by atoms with Crippen LogP contribution >= 0.6 is 0 Å². The highest BCUT2D eigenvalue weighted by Crippen LogP contribution is 2.27. The second-order valence-corrected chi connectivity index (χ2v) is 3.38. The lowest BCUT2D eigenvalue weighted by molar-refractivity contribution is -0.145. The third-order valence-corrected chi connectivity index (χ3v) is 2.11. The number of alkyl halides is 3. The molecule has 0 aliphatic heterocycles.